The van der Waals surface area contributed by atoms with Crippen LogP contribution in [0.5, 0.6) is 0 Å². The molecule has 0 aliphatic heterocycles. The molecule has 0 fully saturated rings. The summed E-state index contributed by atoms with van der Waals surface area (Å²) in [5, 5.41) is 7.14. The first kappa shape index (κ1) is 14.6. The minimum Gasteiger partial charge on any atom is -0.115 e. The van der Waals surface area contributed by atoms with Gasteiger partial charge < -0.3 is 0 Å². The van der Waals surface area contributed by atoms with E-state index in [4.69, 9.17) is 12.8 Å². The van der Waals surface area contributed by atoms with Crippen LogP contribution >= 0.6 is 0 Å². The predicted molar refractivity (Wildman–Crippen MR) is 105 cm³/mol. The summed E-state index contributed by atoms with van der Waals surface area (Å²) in [6.45, 7) is 6.73. The van der Waals surface area contributed by atoms with Crippen molar-refractivity contribution in [3.05, 3.63) is 59.2 Å². The van der Waals surface area contributed by atoms with Gasteiger partial charge in [0.05, 0.1) is 0 Å². The smallest absolute Gasteiger partial charge is 0.0334 e. The van der Waals surface area contributed by atoms with E-state index in [2.05, 4.69) is 69.0 Å². The lowest BCUT2D eigenvalue weighted by molar-refractivity contribution is 0.591. The van der Waals surface area contributed by atoms with Gasteiger partial charge in [-0.1, -0.05) is 69.0 Å². The number of rotatable bonds is 0. The maximum absolute atomic E-state index is 5.73. The summed E-state index contributed by atoms with van der Waals surface area (Å²) >= 11 is 0. The predicted octanol–water partition coefficient (Wildman–Crippen LogP) is 5.84. The monoisotopic (exact) mass is 306 g/mol. The summed E-state index contributed by atoms with van der Waals surface area (Å²) in [7, 11) is 0. The molecule has 0 atom stereocenters. The second kappa shape index (κ2) is 4.77. The molecular weight excluding hydrogens is 288 g/mol. The number of terminal acetylenes is 2. The van der Waals surface area contributed by atoms with Crippen molar-refractivity contribution in [2.45, 2.75) is 26.2 Å². The molecule has 114 valence electrons. The summed E-state index contributed by atoms with van der Waals surface area (Å²) in [4.78, 5) is 0. The third-order valence-corrected chi connectivity index (χ3v) is 4.89. The largest absolute Gasteiger partial charge is 0.115 e. The normalized spacial score (nSPS) is 11.9. The highest BCUT2D eigenvalue weighted by molar-refractivity contribution is 6.25. The molecule has 24 heavy (non-hydrogen) atoms. The third-order valence-electron chi connectivity index (χ3n) is 4.89. The molecule has 0 radical (unpaired) electrons. The molecule has 0 aliphatic rings. The van der Waals surface area contributed by atoms with E-state index in [0.29, 0.717) is 0 Å². The van der Waals surface area contributed by atoms with Crippen LogP contribution in [0.1, 0.15) is 37.5 Å². The fourth-order valence-corrected chi connectivity index (χ4v) is 3.59. The molecule has 4 rings (SSSR count). The van der Waals surface area contributed by atoms with Gasteiger partial charge in [0.25, 0.3) is 0 Å². The Labute approximate surface area is 142 Å². The quantitative estimate of drug-likeness (QED) is 0.282. The molecule has 0 aliphatic carbocycles. The molecule has 0 heterocycles. The average molecular weight is 306 g/mol. The van der Waals surface area contributed by atoms with Crippen LogP contribution in [-0.2, 0) is 5.41 Å². The first-order valence-corrected chi connectivity index (χ1v) is 8.13. The van der Waals surface area contributed by atoms with Crippen LogP contribution in [0.25, 0.3) is 32.3 Å². The molecule has 4 aromatic carbocycles. The van der Waals surface area contributed by atoms with Crippen molar-refractivity contribution in [3.8, 4) is 24.7 Å². The van der Waals surface area contributed by atoms with E-state index in [1.54, 1.807) is 0 Å². The Hall–Kier alpha value is -2.96. The van der Waals surface area contributed by atoms with Gasteiger partial charge in [-0.3, -0.25) is 0 Å². The lowest BCUT2D eigenvalue weighted by atomic mass is 9.82. The van der Waals surface area contributed by atoms with E-state index in [1.807, 2.05) is 6.07 Å². The van der Waals surface area contributed by atoms with Crippen LogP contribution in [0, 0.1) is 24.7 Å². The Bertz CT molecular complexity index is 1100. The summed E-state index contributed by atoms with van der Waals surface area (Å²) in [5.74, 6) is 5.59. The van der Waals surface area contributed by atoms with Crippen LogP contribution in [0.15, 0.2) is 42.5 Å². The maximum Gasteiger partial charge on any atom is 0.0334 e. The lowest BCUT2D eigenvalue weighted by Crippen LogP contribution is -2.10. The van der Waals surface area contributed by atoms with Gasteiger partial charge in [0.1, 0.15) is 0 Å². The van der Waals surface area contributed by atoms with Crippen molar-refractivity contribution >= 4 is 32.3 Å². The second-order valence-electron chi connectivity index (χ2n) is 7.41. The van der Waals surface area contributed by atoms with Crippen molar-refractivity contribution < 1.29 is 0 Å². The van der Waals surface area contributed by atoms with E-state index in [0.717, 1.165) is 21.9 Å². The minimum atomic E-state index is 0.110. The van der Waals surface area contributed by atoms with E-state index in [9.17, 15) is 0 Å². The van der Waals surface area contributed by atoms with Gasteiger partial charge in [-0.25, -0.2) is 0 Å². The van der Waals surface area contributed by atoms with Gasteiger partial charge in [0.15, 0.2) is 0 Å². The third kappa shape index (κ3) is 1.90. The van der Waals surface area contributed by atoms with Crippen LogP contribution in [0.4, 0.5) is 0 Å². The van der Waals surface area contributed by atoms with Gasteiger partial charge in [-0.2, -0.15) is 0 Å². The molecule has 0 amide bonds. The van der Waals surface area contributed by atoms with E-state index in [1.165, 1.54) is 27.1 Å². The van der Waals surface area contributed by atoms with Gasteiger partial charge in [-0.05, 0) is 49.4 Å². The SMILES string of the molecule is C#Cc1cc(C#C)c2ccc3cc(C(C)(C)C)cc4ccc1c2c43. The summed E-state index contributed by atoms with van der Waals surface area (Å²) in [5.41, 5.74) is 3.18. The molecule has 4 aromatic rings. The van der Waals surface area contributed by atoms with E-state index >= 15 is 0 Å². The Kier molecular flexibility index (Phi) is 2.90. The summed E-state index contributed by atoms with van der Waals surface area (Å²) < 4.78 is 0. The van der Waals surface area contributed by atoms with Crippen LogP contribution in [0.2, 0.25) is 0 Å². The number of hydrogen-bond acceptors (Lipinski definition) is 0. The molecule has 0 nitrogen and oxygen atoms in total. The molecule has 0 saturated carbocycles. The molecule has 0 N–H and O–H groups in total. The average Bonchev–Trinajstić information content (AvgIpc) is 2.57. The lowest BCUT2D eigenvalue weighted by Gasteiger charge is -2.22. The standard InChI is InChI=1S/C24H18/c1-6-15-12-16(7-2)21-11-9-18-14-19(24(3,4)5)13-17-8-10-20(15)23(21)22(17)18/h1-2,8-14H,3-5H3. The first-order valence-electron chi connectivity index (χ1n) is 8.13. The zero-order chi connectivity index (χ0) is 17.1. The Morgan fingerprint density at radius 1 is 0.708 bits per heavy atom. The van der Waals surface area contributed by atoms with E-state index < -0.39 is 0 Å². The van der Waals surface area contributed by atoms with Crippen molar-refractivity contribution in [2.24, 2.45) is 0 Å². The van der Waals surface area contributed by atoms with Crippen LogP contribution < -0.4 is 0 Å². The molecule has 0 heteroatoms. The molecular formula is C24H18. The van der Waals surface area contributed by atoms with Gasteiger partial charge in [-0.15, -0.1) is 12.8 Å². The summed E-state index contributed by atoms with van der Waals surface area (Å²) in [6, 6.07) is 15.1. The zero-order valence-corrected chi connectivity index (χ0v) is 14.2. The Morgan fingerprint density at radius 2 is 1.21 bits per heavy atom. The van der Waals surface area contributed by atoms with Crippen LogP contribution in [-0.4, -0.2) is 0 Å². The van der Waals surface area contributed by atoms with Gasteiger partial charge in [0.2, 0.25) is 0 Å². The zero-order valence-electron chi connectivity index (χ0n) is 14.2. The molecule has 0 spiro atoms. The number of benzene rings is 4. The van der Waals surface area contributed by atoms with Crippen molar-refractivity contribution in [1.82, 2.24) is 0 Å². The summed E-state index contributed by atoms with van der Waals surface area (Å²) in [6.07, 6.45) is 11.5. The van der Waals surface area contributed by atoms with Gasteiger partial charge in [0, 0.05) is 11.1 Å². The topological polar surface area (TPSA) is 0 Å². The highest BCUT2D eigenvalue weighted by atomic mass is 14.2. The highest BCUT2D eigenvalue weighted by Gasteiger charge is 2.18. The van der Waals surface area contributed by atoms with Gasteiger partial charge >= 0.3 is 0 Å². The van der Waals surface area contributed by atoms with Crippen molar-refractivity contribution in [2.75, 3.05) is 0 Å². The first-order chi connectivity index (χ1) is 11.4. The fraction of sp³-hybridized carbons (Fsp3) is 0.167. The highest BCUT2D eigenvalue weighted by Crippen LogP contribution is 2.39. The van der Waals surface area contributed by atoms with Crippen molar-refractivity contribution in [1.29, 1.82) is 0 Å². The fourth-order valence-electron chi connectivity index (χ4n) is 3.59. The van der Waals surface area contributed by atoms with Crippen molar-refractivity contribution in [3.63, 3.8) is 0 Å². The second-order valence-corrected chi connectivity index (χ2v) is 7.41. The van der Waals surface area contributed by atoms with Crippen LogP contribution in [0.3, 0.4) is 0 Å². The molecule has 0 saturated heterocycles. The Morgan fingerprint density at radius 3 is 1.62 bits per heavy atom. The number of hydrogen-bond donors (Lipinski definition) is 0. The van der Waals surface area contributed by atoms with E-state index in [-0.39, 0.29) is 5.41 Å². The molecule has 0 unspecified atom stereocenters. The Balaban J connectivity index is 2.29. The minimum absolute atomic E-state index is 0.110. The molecule has 0 aromatic heterocycles. The molecule has 0 bridgehead atoms. The maximum atomic E-state index is 5.73.